The van der Waals surface area contributed by atoms with Gasteiger partial charge in [0.1, 0.15) is 0 Å². The summed E-state index contributed by atoms with van der Waals surface area (Å²) < 4.78 is 0. The molecule has 0 amide bonds. The number of benzene rings is 4. The van der Waals surface area contributed by atoms with Crippen LogP contribution in [-0.4, -0.2) is 0 Å². The fourth-order valence-electron chi connectivity index (χ4n) is 3.42. The Bertz CT molecular complexity index is 1220. The molecule has 0 bridgehead atoms. The van der Waals surface area contributed by atoms with Crippen molar-refractivity contribution in [2.24, 2.45) is 0 Å². The largest absolute Gasteiger partial charge is 0.399 e. The van der Waals surface area contributed by atoms with Crippen LogP contribution in [0.3, 0.4) is 0 Å². The van der Waals surface area contributed by atoms with E-state index in [4.69, 9.17) is 17.2 Å². The number of nitrogens with two attached hydrogens (primary N) is 3. The molecule has 4 aromatic carbocycles. The fourth-order valence-corrected chi connectivity index (χ4v) is 3.42. The van der Waals surface area contributed by atoms with Gasteiger partial charge >= 0.3 is 0 Å². The molecule has 0 fully saturated rings. The van der Waals surface area contributed by atoms with Crippen molar-refractivity contribution < 1.29 is 0 Å². The van der Waals surface area contributed by atoms with Crippen molar-refractivity contribution in [1.82, 2.24) is 0 Å². The maximum absolute atomic E-state index is 9.62. The van der Waals surface area contributed by atoms with Gasteiger partial charge in [-0.25, -0.2) is 0 Å². The summed E-state index contributed by atoms with van der Waals surface area (Å²) in [6.07, 6.45) is 1.87. The monoisotopic (exact) mass is 417 g/mol. The highest BCUT2D eigenvalue weighted by molar-refractivity contribution is 5.90. The summed E-state index contributed by atoms with van der Waals surface area (Å²) in [5.41, 5.74) is 24.9. The van der Waals surface area contributed by atoms with E-state index in [9.17, 15) is 5.26 Å². The molecule has 0 spiro atoms. The molecule has 0 saturated carbocycles. The van der Waals surface area contributed by atoms with Crippen molar-refractivity contribution in [3.05, 3.63) is 108 Å². The highest BCUT2D eigenvalue weighted by Crippen LogP contribution is 2.35. The molecule has 0 radical (unpaired) electrons. The number of hydrogen-bond acceptors (Lipinski definition) is 5. The van der Waals surface area contributed by atoms with Crippen LogP contribution in [0.4, 0.5) is 34.1 Å². The van der Waals surface area contributed by atoms with Crippen LogP contribution < -0.4 is 22.1 Å². The van der Waals surface area contributed by atoms with E-state index in [0.29, 0.717) is 22.6 Å². The Hall–Kier alpha value is -4.69. The lowest BCUT2D eigenvalue weighted by molar-refractivity contribution is 1.28. The molecule has 0 atom stereocenters. The van der Waals surface area contributed by atoms with Crippen LogP contribution in [-0.2, 0) is 0 Å². The van der Waals surface area contributed by atoms with Gasteiger partial charge in [-0.2, -0.15) is 5.26 Å². The van der Waals surface area contributed by atoms with Crippen molar-refractivity contribution in [3.63, 3.8) is 0 Å². The lowest BCUT2D eigenvalue weighted by Gasteiger charge is -2.25. The molecular formula is C27H23N5. The smallest absolute Gasteiger partial charge is 0.0998 e. The Morgan fingerprint density at radius 2 is 0.969 bits per heavy atom. The van der Waals surface area contributed by atoms with E-state index in [2.05, 4.69) is 11.0 Å². The Kier molecular flexibility index (Phi) is 5.78. The number of hydrogen-bond donors (Lipinski definition) is 3. The van der Waals surface area contributed by atoms with Gasteiger partial charge in [0.15, 0.2) is 0 Å². The zero-order valence-corrected chi connectivity index (χ0v) is 17.4. The van der Waals surface area contributed by atoms with Gasteiger partial charge in [0.05, 0.1) is 11.6 Å². The van der Waals surface area contributed by atoms with Gasteiger partial charge in [-0.05, 0) is 90.0 Å². The Morgan fingerprint density at radius 1 is 0.594 bits per heavy atom. The normalized spacial score (nSPS) is 11.0. The lowest BCUT2D eigenvalue weighted by atomic mass is 10.0. The molecular weight excluding hydrogens is 394 g/mol. The van der Waals surface area contributed by atoms with E-state index >= 15 is 0 Å². The maximum atomic E-state index is 9.62. The molecule has 156 valence electrons. The third kappa shape index (κ3) is 4.55. The zero-order valence-electron chi connectivity index (χ0n) is 17.4. The first kappa shape index (κ1) is 20.6. The molecule has 5 heteroatoms. The van der Waals surface area contributed by atoms with E-state index in [1.165, 1.54) is 0 Å². The van der Waals surface area contributed by atoms with Crippen molar-refractivity contribution in [3.8, 4) is 6.07 Å². The molecule has 0 aromatic heterocycles. The van der Waals surface area contributed by atoms with Crippen molar-refractivity contribution in [2.45, 2.75) is 0 Å². The summed E-state index contributed by atoms with van der Waals surface area (Å²) in [7, 11) is 0. The molecule has 6 N–H and O–H groups in total. The fraction of sp³-hybridized carbons (Fsp3) is 0. The minimum atomic E-state index is 0.576. The second-order valence-electron chi connectivity index (χ2n) is 7.40. The Labute approximate surface area is 187 Å². The topological polar surface area (TPSA) is 105 Å². The lowest BCUT2D eigenvalue weighted by Crippen LogP contribution is -2.10. The SMILES string of the molecule is N#CC(=Cc1ccc(N(c2ccc(N)cc2)c2ccc(N)cc2)cc1)c1ccc(N)cc1. The number of nitrogens with zero attached hydrogens (tertiary/aromatic N) is 2. The van der Waals surface area contributed by atoms with Gasteiger partial charge in [0, 0.05) is 34.1 Å². The van der Waals surface area contributed by atoms with Gasteiger partial charge in [0.25, 0.3) is 0 Å². The summed E-state index contributed by atoms with van der Waals surface area (Å²) in [5.74, 6) is 0. The third-order valence-corrected chi connectivity index (χ3v) is 5.11. The predicted molar refractivity (Wildman–Crippen MR) is 134 cm³/mol. The van der Waals surface area contributed by atoms with Crippen LogP contribution in [0.1, 0.15) is 11.1 Å². The van der Waals surface area contributed by atoms with Crippen LogP contribution in [0.5, 0.6) is 0 Å². The van der Waals surface area contributed by atoms with Gasteiger partial charge in [0.2, 0.25) is 0 Å². The standard InChI is InChI=1S/C27H23N5/c28-18-21(20-3-5-22(29)6-4-20)17-19-1-11-25(12-2-19)32(26-13-7-23(30)8-14-26)27-15-9-24(31)10-16-27/h1-17H,29-31H2. The molecule has 4 aromatic rings. The molecule has 0 saturated heterocycles. The molecule has 5 nitrogen and oxygen atoms in total. The van der Waals surface area contributed by atoms with Gasteiger partial charge in [-0.1, -0.05) is 24.3 Å². The molecule has 0 unspecified atom stereocenters. The van der Waals surface area contributed by atoms with Gasteiger partial charge in [-0.3, -0.25) is 0 Å². The summed E-state index contributed by atoms with van der Waals surface area (Å²) in [6.45, 7) is 0. The van der Waals surface area contributed by atoms with E-state index < -0.39 is 0 Å². The first-order valence-electron chi connectivity index (χ1n) is 10.1. The van der Waals surface area contributed by atoms with E-state index in [0.717, 1.165) is 28.2 Å². The van der Waals surface area contributed by atoms with Crippen LogP contribution in [0.25, 0.3) is 11.6 Å². The number of anilines is 6. The zero-order chi connectivity index (χ0) is 22.5. The molecule has 32 heavy (non-hydrogen) atoms. The van der Waals surface area contributed by atoms with E-state index in [1.54, 1.807) is 12.1 Å². The molecule has 4 rings (SSSR count). The summed E-state index contributed by atoms with van der Waals surface area (Å²) in [6, 6.07) is 33.0. The van der Waals surface area contributed by atoms with Crippen LogP contribution in [0, 0.1) is 11.3 Å². The first-order valence-corrected chi connectivity index (χ1v) is 10.1. The minimum absolute atomic E-state index is 0.576. The van der Waals surface area contributed by atoms with Gasteiger partial charge < -0.3 is 22.1 Å². The van der Waals surface area contributed by atoms with Gasteiger partial charge in [-0.15, -0.1) is 0 Å². The average Bonchev–Trinajstić information content (AvgIpc) is 2.82. The molecule has 0 aliphatic carbocycles. The first-order chi connectivity index (χ1) is 15.5. The number of nitrogen functional groups attached to an aromatic ring is 3. The number of allylic oxidation sites excluding steroid dienone is 1. The third-order valence-electron chi connectivity index (χ3n) is 5.11. The molecule has 0 aliphatic rings. The summed E-state index contributed by atoms with van der Waals surface area (Å²) >= 11 is 0. The van der Waals surface area contributed by atoms with Crippen molar-refractivity contribution in [1.29, 1.82) is 5.26 Å². The van der Waals surface area contributed by atoms with Crippen LogP contribution >= 0.6 is 0 Å². The van der Waals surface area contributed by atoms with E-state index in [-0.39, 0.29) is 0 Å². The second-order valence-corrected chi connectivity index (χ2v) is 7.40. The highest BCUT2D eigenvalue weighted by atomic mass is 15.1. The molecule has 0 heterocycles. The number of rotatable bonds is 5. The maximum Gasteiger partial charge on any atom is 0.0998 e. The summed E-state index contributed by atoms with van der Waals surface area (Å²) in [5, 5.41) is 9.62. The van der Waals surface area contributed by atoms with Crippen LogP contribution in [0.2, 0.25) is 0 Å². The quantitative estimate of drug-likeness (QED) is 0.211. The van der Waals surface area contributed by atoms with Crippen LogP contribution in [0.15, 0.2) is 97.1 Å². The highest BCUT2D eigenvalue weighted by Gasteiger charge is 2.12. The Balaban J connectivity index is 1.70. The molecule has 0 aliphatic heterocycles. The average molecular weight is 418 g/mol. The van der Waals surface area contributed by atoms with E-state index in [1.807, 2.05) is 91.0 Å². The number of nitriles is 1. The van der Waals surface area contributed by atoms with Crippen molar-refractivity contribution in [2.75, 3.05) is 22.1 Å². The Morgan fingerprint density at radius 3 is 1.38 bits per heavy atom. The summed E-state index contributed by atoms with van der Waals surface area (Å²) in [4.78, 5) is 2.12. The minimum Gasteiger partial charge on any atom is -0.399 e. The second kappa shape index (κ2) is 8.99. The predicted octanol–water partition coefficient (Wildman–Crippen LogP) is 5.97. The van der Waals surface area contributed by atoms with Crippen molar-refractivity contribution >= 4 is 45.8 Å².